The molecule has 5 nitrogen and oxygen atoms in total. The van der Waals surface area contributed by atoms with E-state index < -0.39 is 0 Å². The molecule has 0 radical (unpaired) electrons. The van der Waals surface area contributed by atoms with Crippen LogP contribution < -0.4 is 10.1 Å². The van der Waals surface area contributed by atoms with Crippen LogP contribution in [0.3, 0.4) is 0 Å². The largest absolute Gasteiger partial charge is 0.497 e. The first-order valence-corrected chi connectivity index (χ1v) is 7.40. The lowest BCUT2D eigenvalue weighted by atomic mass is 10.3. The molecule has 1 aromatic carbocycles. The number of rotatable bonds is 8. The quantitative estimate of drug-likeness (QED) is 0.809. The first kappa shape index (κ1) is 15.0. The number of fused-ring (bicyclic) bond motifs is 1. The Balaban J connectivity index is 1.87. The minimum absolute atomic E-state index is 0.761. The molecule has 0 bridgehead atoms. The van der Waals surface area contributed by atoms with Gasteiger partial charge in [0.1, 0.15) is 5.75 Å². The summed E-state index contributed by atoms with van der Waals surface area (Å²) in [6, 6.07) is 5.94. The molecule has 0 aliphatic heterocycles. The molecule has 1 N–H and O–H groups in total. The van der Waals surface area contributed by atoms with Crippen LogP contribution in [0.4, 0.5) is 5.13 Å². The highest BCUT2D eigenvalue weighted by Gasteiger charge is 2.05. The highest BCUT2D eigenvalue weighted by atomic mass is 32.1. The lowest BCUT2D eigenvalue weighted by Crippen LogP contribution is -2.28. The summed E-state index contributed by atoms with van der Waals surface area (Å²) in [7, 11) is 5.49. The molecule has 0 spiro atoms. The van der Waals surface area contributed by atoms with Gasteiger partial charge in [0.25, 0.3) is 0 Å². The molecule has 0 saturated carbocycles. The number of likely N-dealkylation sites (N-methyl/N-ethyl adjacent to an activating group) is 1. The standard InChI is InChI=1S/C14H21N3O2S/c1-17(8-9-18-2)7-6-15-14-16-12-5-4-11(19-3)10-13(12)20-14/h4-5,10H,6-9H2,1-3H3,(H,15,16). The van der Waals surface area contributed by atoms with Crippen LogP contribution in [0.1, 0.15) is 0 Å². The van der Waals surface area contributed by atoms with E-state index in [1.165, 1.54) is 0 Å². The zero-order chi connectivity index (χ0) is 14.4. The third kappa shape index (κ3) is 4.06. The average Bonchev–Trinajstić information content (AvgIpc) is 2.86. The van der Waals surface area contributed by atoms with Gasteiger partial charge in [0.15, 0.2) is 5.13 Å². The third-order valence-electron chi connectivity index (χ3n) is 3.04. The summed E-state index contributed by atoms with van der Waals surface area (Å²) in [6.07, 6.45) is 0. The minimum Gasteiger partial charge on any atom is -0.497 e. The lowest BCUT2D eigenvalue weighted by molar-refractivity contribution is 0.163. The number of nitrogens with zero attached hydrogens (tertiary/aromatic N) is 2. The molecule has 0 saturated heterocycles. The Labute approximate surface area is 123 Å². The molecule has 0 unspecified atom stereocenters. The third-order valence-corrected chi connectivity index (χ3v) is 4.02. The van der Waals surface area contributed by atoms with E-state index in [0.29, 0.717) is 0 Å². The van der Waals surface area contributed by atoms with Crippen molar-refractivity contribution >= 4 is 26.7 Å². The van der Waals surface area contributed by atoms with Crippen molar-refractivity contribution in [3.8, 4) is 5.75 Å². The summed E-state index contributed by atoms with van der Waals surface area (Å²) < 4.78 is 11.4. The van der Waals surface area contributed by atoms with Crippen molar-refractivity contribution in [3.63, 3.8) is 0 Å². The molecule has 0 amide bonds. The van der Waals surface area contributed by atoms with Crippen LogP contribution in [-0.2, 0) is 4.74 Å². The van der Waals surface area contributed by atoms with E-state index in [2.05, 4.69) is 22.2 Å². The molecule has 0 aliphatic rings. The van der Waals surface area contributed by atoms with Crippen molar-refractivity contribution in [2.24, 2.45) is 0 Å². The maximum absolute atomic E-state index is 5.22. The van der Waals surface area contributed by atoms with E-state index >= 15 is 0 Å². The van der Waals surface area contributed by atoms with Crippen LogP contribution in [-0.4, -0.2) is 57.4 Å². The SMILES string of the molecule is COCCN(C)CCNc1nc2ccc(OC)cc2s1. The smallest absolute Gasteiger partial charge is 0.183 e. The second-order valence-electron chi connectivity index (χ2n) is 4.58. The van der Waals surface area contributed by atoms with Crippen molar-refractivity contribution in [2.45, 2.75) is 0 Å². The first-order valence-electron chi connectivity index (χ1n) is 6.59. The summed E-state index contributed by atoms with van der Waals surface area (Å²) in [5, 5.41) is 4.32. The van der Waals surface area contributed by atoms with Crippen molar-refractivity contribution in [1.29, 1.82) is 0 Å². The predicted molar refractivity (Wildman–Crippen MR) is 84.0 cm³/mol. The molecule has 0 fully saturated rings. The summed E-state index contributed by atoms with van der Waals surface area (Å²) in [6.45, 7) is 3.53. The summed E-state index contributed by atoms with van der Waals surface area (Å²) in [4.78, 5) is 6.78. The van der Waals surface area contributed by atoms with Crippen molar-refractivity contribution in [2.75, 3.05) is 52.8 Å². The summed E-state index contributed by atoms with van der Waals surface area (Å²) >= 11 is 1.65. The molecule has 2 rings (SSSR count). The normalized spacial score (nSPS) is 11.2. The zero-order valence-corrected chi connectivity index (χ0v) is 13.0. The van der Waals surface area contributed by atoms with E-state index in [-0.39, 0.29) is 0 Å². The van der Waals surface area contributed by atoms with Crippen molar-refractivity contribution in [1.82, 2.24) is 9.88 Å². The first-order chi connectivity index (χ1) is 9.72. The molecule has 0 aliphatic carbocycles. The van der Waals surface area contributed by atoms with Crippen molar-refractivity contribution < 1.29 is 9.47 Å². The minimum atomic E-state index is 0.761. The van der Waals surface area contributed by atoms with Gasteiger partial charge in [-0.3, -0.25) is 0 Å². The lowest BCUT2D eigenvalue weighted by Gasteiger charge is -2.15. The molecule has 1 heterocycles. The topological polar surface area (TPSA) is 46.6 Å². The van der Waals surface area contributed by atoms with Crippen LogP contribution in [0, 0.1) is 0 Å². The molecular formula is C14H21N3O2S. The van der Waals surface area contributed by atoms with Crippen LogP contribution in [0.5, 0.6) is 5.75 Å². The molecular weight excluding hydrogens is 274 g/mol. The Bertz CT molecular complexity index is 544. The highest BCUT2D eigenvalue weighted by molar-refractivity contribution is 7.22. The van der Waals surface area contributed by atoms with Gasteiger partial charge in [-0.05, 0) is 25.2 Å². The number of hydrogen-bond acceptors (Lipinski definition) is 6. The predicted octanol–water partition coefficient (Wildman–Crippen LogP) is 2.29. The van der Waals surface area contributed by atoms with Gasteiger partial charge < -0.3 is 19.7 Å². The summed E-state index contributed by atoms with van der Waals surface area (Å²) in [5.74, 6) is 0.868. The zero-order valence-electron chi connectivity index (χ0n) is 12.2. The fourth-order valence-electron chi connectivity index (χ4n) is 1.82. The average molecular weight is 295 g/mol. The van der Waals surface area contributed by atoms with E-state index in [9.17, 15) is 0 Å². The molecule has 6 heteroatoms. The second-order valence-corrected chi connectivity index (χ2v) is 5.61. The molecule has 2 aromatic rings. The Morgan fingerprint density at radius 1 is 1.30 bits per heavy atom. The summed E-state index contributed by atoms with van der Waals surface area (Å²) in [5.41, 5.74) is 1.01. The monoisotopic (exact) mass is 295 g/mol. The van der Waals surface area contributed by atoms with Gasteiger partial charge in [0.05, 0.1) is 23.9 Å². The van der Waals surface area contributed by atoms with Gasteiger partial charge in [-0.2, -0.15) is 0 Å². The van der Waals surface area contributed by atoms with Crippen molar-refractivity contribution in [3.05, 3.63) is 18.2 Å². The fourth-order valence-corrected chi connectivity index (χ4v) is 2.74. The van der Waals surface area contributed by atoms with Gasteiger partial charge in [-0.25, -0.2) is 4.98 Å². The molecule has 1 aromatic heterocycles. The number of nitrogens with one attached hydrogen (secondary N) is 1. The number of aromatic nitrogens is 1. The number of methoxy groups -OCH3 is 2. The maximum Gasteiger partial charge on any atom is 0.183 e. The van der Waals surface area contributed by atoms with E-state index in [1.807, 2.05) is 18.2 Å². The Morgan fingerprint density at radius 2 is 2.15 bits per heavy atom. The highest BCUT2D eigenvalue weighted by Crippen LogP contribution is 2.28. The van der Waals surface area contributed by atoms with Crippen LogP contribution in [0.2, 0.25) is 0 Å². The molecule has 110 valence electrons. The number of benzene rings is 1. The second kappa shape index (κ2) is 7.42. The van der Waals surface area contributed by atoms with Crippen LogP contribution >= 0.6 is 11.3 Å². The van der Waals surface area contributed by atoms with E-state index in [4.69, 9.17) is 9.47 Å². The number of anilines is 1. The van der Waals surface area contributed by atoms with Crippen LogP contribution in [0.25, 0.3) is 10.2 Å². The van der Waals surface area contributed by atoms with Gasteiger partial charge in [0.2, 0.25) is 0 Å². The Kier molecular flexibility index (Phi) is 5.58. The molecule has 0 atom stereocenters. The van der Waals surface area contributed by atoms with E-state index in [1.54, 1.807) is 25.6 Å². The van der Waals surface area contributed by atoms with Crippen LogP contribution in [0.15, 0.2) is 18.2 Å². The van der Waals surface area contributed by atoms with Gasteiger partial charge >= 0.3 is 0 Å². The number of hydrogen-bond donors (Lipinski definition) is 1. The van der Waals surface area contributed by atoms with E-state index in [0.717, 1.165) is 47.3 Å². The molecule has 20 heavy (non-hydrogen) atoms. The number of ether oxygens (including phenoxy) is 2. The Hall–Kier alpha value is -1.37. The van der Waals surface area contributed by atoms with Gasteiger partial charge in [0, 0.05) is 26.7 Å². The van der Waals surface area contributed by atoms with Gasteiger partial charge in [-0.15, -0.1) is 0 Å². The fraction of sp³-hybridized carbons (Fsp3) is 0.500. The number of thiazole rings is 1. The van der Waals surface area contributed by atoms with Gasteiger partial charge in [-0.1, -0.05) is 11.3 Å². The Morgan fingerprint density at radius 3 is 2.90 bits per heavy atom. The maximum atomic E-state index is 5.22.